The second-order valence-electron chi connectivity index (χ2n) is 4.96. The maximum absolute atomic E-state index is 12.9. The predicted molar refractivity (Wildman–Crippen MR) is 93.1 cm³/mol. The standard InChI is InChI=1S/C18H15FN2O2S/c1-2-23-15-5-3-4-12(10-15)18-21-16(11-24-18)17(22)20-14-8-6-13(19)7-9-14/h3-11H,2H2,1H3,(H,20,22). The summed E-state index contributed by atoms with van der Waals surface area (Å²) in [5.41, 5.74) is 1.74. The highest BCUT2D eigenvalue weighted by Crippen LogP contribution is 2.27. The van der Waals surface area contributed by atoms with Crippen LogP contribution in [0.5, 0.6) is 5.75 Å². The molecule has 1 amide bonds. The minimum absolute atomic E-state index is 0.320. The van der Waals surface area contributed by atoms with Crippen molar-refractivity contribution in [1.82, 2.24) is 4.98 Å². The molecular weight excluding hydrogens is 327 g/mol. The summed E-state index contributed by atoms with van der Waals surface area (Å²) >= 11 is 1.38. The SMILES string of the molecule is CCOc1cccc(-c2nc(C(=O)Nc3ccc(F)cc3)cs2)c1. The first-order valence-corrected chi connectivity index (χ1v) is 8.29. The summed E-state index contributed by atoms with van der Waals surface area (Å²) in [5.74, 6) is 0.0886. The number of ether oxygens (including phenoxy) is 1. The quantitative estimate of drug-likeness (QED) is 0.737. The second-order valence-corrected chi connectivity index (χ2v) is 5.82. The van der Waals surface area contributed by atoms with Gasteiger partial charge in [0.05, 0.1) is 6.61 Å². The second kappa shape index (κ2) is 7.23. The maximum atomic E-state index is 12.9. The molecular formula is C18H15FN2O2S. The van der Waals surface area contributed by atoms with Crippen molar-refractivity contribution in [3.63, 3.8) is 0 Å². The van der Waals surface area contributed by atoms with Crippen molar-refractivity contribution in [2.24, 2.45) is 0 Å². The van der Waals surface area contributed by atoms with Crippen LogP contribution < -0.4 is 10.1 Å². The molecule has 0 unspecified atom stereocenters. The molecule has 122 valence electrons. The van der Waals surface area contributed by atoms with Gasteiger partial charge in [-0.25, -0.2) is 9.37 Å². The fourth-order valence-corrected chi connectivity index (χ4v) is 2.92. The van der Waals surface area contributed by atoms with Crippen LogP contribution in [0.2, 0.25) is 0 Å². The Labute approximate surface area is 142 Å². The molecule has 0 fully saturated rings. The first kappa shape index (κ1) is 16.1. The maximum Gasteiger partial charge on any atom is 0.275 e. The highest BCUT2D eigenvalue weighted by Gasteiger charge is 2.12. The van der Waals surface area contributed by atoms with Gasteiger partial charge in [-0.3, -0.25) is 4.79 Å². The van der Waals surface area contributed by atoms with E-state index in [1.807, 2.05) is 31.2 Å². The van der Waals surface area contributed by atoms with Crippen molar-refractivity contribution in [3.8, 4) is 16.3 Å². The van der Waals surface area contributed by atoms with E-state index in [2.05, 4.69) is 10.3 Å². The molecule has 1 aromatic heterocycles. The predicted octanol–water partition coefficient (Wildman–Crippen LogP) is 4.60. The van der Waals surface area contributed by atoms with E-state index < -0.39 is 0 Å². The molecule has 24 heavy (non-hydrogen) atoms. The first-order chi connectivity index (χ1) is 11.7. The van der Waals surface area contributed by atoms with E-state index in [-0.39, 0.29) is 11.7 Å². The normalized spacial score (nSPS) is 10.4. The van der Waals surface area contributed by atoms with Gasteiger partial charge in [-0.2, -0.15) is 0 Å². The van der Waals surface area contributed by atoms with Crippen LogP contribution in [-0.4, -0.2) is 17.5 Å². The molecule has 0 saturated heterocycles. The largest absolute Gasteiger partial charge is 0.494 e. The fourth-order valence-electron chi connectivity index (χ4n) is 2.12. The number of halogens is 1. The first-order valence-electron chi connectivity index (χ1n) is 7.41. The number of rotatable bonds is 5. The van der Waals surface area contributed by atoms with E-state index in [1.165, 1.54) is 35.6 Å². The van der Waals surface area contributed by atoms with Crippen LogP contribution in [0, 0.1) is 5.82 Å². The molecule has 0 saturated carbocycles. The van der Waals surface area contributed by atoms with E-state index in [4.69, 9.17) is 4.74 Å². The number of benzene rings is 2. The molecule has 3 rings (SSSR count). The number of hydrogen-bond acceptors (Lipinski definition) is 4. The van der Waals surface area contributed by atoms with E-state index >= 15 is 0 Å². The minimum atomic E-state index is -0.349. The van der Waals surface area contributed by atoms with Crippen molar-refractivity contribution in [1.29, 1.82) is 0 Å². The number of anilines is 1. The summed E-state index contributed by atoms with van der Waals surface area (Å²) in [5, 5.41) is 5.13. The van der Waals surface area contributed by atoms with Gasteiger partial charge in [0.15, 0.2) is 0 Å². The number of nitrogens with one attached hydrogen (secondary N) is 1. The molecule has 1 heterocycles. The highest BCUT2D eigenvalue weighted by atomic mass is 32.1. The topological polar surface area (TPSA) is 51.2 Å². The fraction of sp³-hybridized carbons (Fsp3) is 0.111. The van der Waals surface area contributed by atoms with Crippen LogP contribution in [0.3, 0.4) is 0 Å². The zero-order valence-corrected chi connectivity index (χ0v) is 13.8. The summed E-state index contributed by atoms with van der Waals surface area (Å²) < 4.78 is 18.4. The van der Waals surface area contributed by atoms with Gasteiger partial charge in [0.25, 0.3) is 5.91 Å². The van der Waals surface area contributed by atoms with Gasteiger partial charge < -0.3 is 10.1 Å². The Morgan fingerprint density at radius 3 is 2.79 bits per heavy atom. The van der Waals surface area contributed by atoms with E-state index in [0.717, 1.165) is 16.3 Å². The number of amides is 1. The third kappa shape index (κ3) is 3.78. The van der Waals surface area contributed by atoms with Crippen molar-refractivity contribution in [2.45, 2.75) is 6.92 Å². The average Bonchev–Trinajstić information content (AvgIpc) is 3.08. The molecule has 3 aromatic rings. The molecule has 0 radical (unpaired) electrons. The molecule has 0 aliphatic carbocycles. The lowest BCUT2D eigenvalue weighted by Crippen LogP contribution is -2.12. The summed E-state index contributed by atoms with van der Waals surface area (Å²) in [4.78, 5) is 16.6. The van der Waals surface area contributed by atoms with Crippen LogP contribution in [0.15, 0.2) is 53.9 Å². The van der Waals surface area contributed by atoms with Crippen molar-refractivity contribution < 1.29 is 13.9 Å². The van der Waals surface area contributed by atoms with Crippen LogP contribution in [-0.2, 0) is 0 Å². The minimum Gasteiger partial charge on any atom is -0.494 e. The lowest BCUT2D eigenvalue weighted by molar-refractivity contribution is 0.102. The number of nitrogens with zero attached hydrogens (tertiary/aromatic N) is 1. The van der Waals surface area contributed by atoms with Crippen LogP contribution >= 0.6 is 11.3 Å². The van der Waals surface area contributed by atoms with Crippen LogP contribution in [0.1, 0.15) is 17.4 Å². The average molecular weight is 342 g/mol. The van der Waals surface area contributed by atoms with E-state index in [0.29, 0.717) is 18.0 Å². The summed E-state index contributed by atoms with van der Waals surface area (Å²) in [6.07, 6.45) is 0. The van der Waals surface area contributed by atoms with Crippen LogP contribution in [0.4, 0.5) is 10.1 Å². The van der Waals surface area contributed by atoms with Gasteiger partial charge in [-0.1, -0.05) is 12.1 Å². The Morgan fingerprint density at radius 1 is 1.25 bits per heavy atom. The van der Waals surface area contributed by atoms with Gasteiger partial charge in [-0.05, 0) is 43.3 Å². The monoisotopic (exact) mass is 342 g/mol. The van der Waals surface area contributed by atoms with Gasteiger partial charge in [0, 0.05) is 16.6 Å². The molecule has 0 bridgehead atoms. The molecule has 2 aromatic carbocycles. The Balaban J connectivity index is 1.76. The lowest BCUT2D eigenvalue weighted by Gasteiger charge is -2.04. The van der Waals surface area contributed by atoms with Gasteiger partial charge in [0.2, 0.25) is 0 Å². The molecule has 4 nitrogen and oxygen atoms in total. The van der Waals surface area contributed by atoms with Crippen LogP contribution in [0.25, 0.3) is 10.6 Å². The Kier molecular flexibility index (Phi) is 4.86. The molecule has 0 aliphatic heterocycles. The zero-order chi connectivity index (χ0) is 16.9. The van der Waals surface area contributed by atoms with Gasteiger partial charge in [-0.15, -0.1) is 11.3 Å². The lowest BCUT2D eigenvalue weighted by atomic mass is 10.2. The molecule has 6 heteroatoms. The Hall–Kier alpha value is -2.73. The van der Waals surface area contributed by atoms with Crippen molar-refractivity contribution in [2.75, 3.05) is 11.9 Å². The smallest absolute Gasteiger partial charge is 0.275 e. The molecule has 0 atom stereocenters. The summed E-state index contributed by atoms with van der Waals surface area (Å²) in [6.45, 7) is 2.51. The molecule has 1 N–H and O–H groups in total. The Bertz CT molecular complexity index is 846. The van der Waals surface area contributed by atoms with Crippen molar-refractivity contribution >= 4 is 22.9 Å². The third-order valence-electron chi connectivity index (χ3n) is 3.23. The van der Waals surface area contributed by atoms with Gasteiger partial charge in [0.1, 0.15) is 22.3 Å². The zero-order valence-electron chi connectivity index (χ0n) is 13.0. The molecule has 0 spiro atoms. The van der Waals surface area contributed by atoms with Gasteiger partial charge >= 0.3 is 0 Å². The van der Waals surface area contributed by atoms with Crippen molar-refractivity contribution in [3.05, 3.63) is 65.4 Å². The third-order valence-corrected chi connectivity index (χ3v) is 4.12. The number of carbonyl (C=O) groups is 1. The Morgan fingerprint density at radius 2 is 2.04 bits per heavy atom. The van der Waals surface area contributed by atoms with E-state index in [1.54, 1.807) is 5.38 Å². The number of carbonyl (C=O) groups excluding carboxylic acids is 1. The number of hydrogen-bond donors (Lipinski definition) is 1. The highest BCUT2D eigenvalue weighted by molar-refractivity contribution is 7.13. The summed E-state index contributed by atoms with van der Waals surface area (Å²) in [6, 6.07) is 13.2. The van der Waals surface area contributed by atoms with E-state index in [9.17, 15) is 9.18 Å². The molecule has 0 aliphatic rings. The number of aromatic nitrogens is 1. The number of thiazole rings is 1. The summed E-state index contributed by atoms with van der Waals surface area (Å²) in [7, 11) is 0.